The number of phosphoric ester groups is 1. The Balaban J connectivity index is 2.49. The summed E-state index contributed by atoms with van der Waals surface area (Å²) >= 11 is 0. The highest BCUT2D eigenvalue weighted by atomic mass is 31.2. The molecule has 0 bridgehead atoms. The number of rotatable bonds is 37. The monoisotopic (exact) mass is 871 g/mol. The number of aliphatic hydroxyl groups is 5. The zero-order valence-electron chi connectivity index (χ0n) is 36.5. The molecule has 0 aromatic carbocycles. The van der Waals surface area contributed by atoms with Crippen LogP contribution in [0.1, 0.15) is 149 Å². The minimum atomic E-state index is -4.70. The van der Waals surface area contributed by atoms with Crippen molar-refractivity contribution in [1.29, 1.82) is 0 Å². The quantitative estimate of drug-likeness (QED) is 0.0151. The van der Waals surface area contributed by atoms with Crippen LogP contribution < -0.4 is 0 Å². The third kappa shape index (κ3) is 29.7. The molecule has 1 rings (SSSR count). The molecular weight excluding hydrogens is 791 g/mol. The molecule has 0 aromatic heterocycles. The van der Waals surface area contributed by atoms with Crippen LogP contribution in [0.2, 0.25) is 0 Å². The Hall–Kier alpha value is -2.45. The van der Waals surface area contributed by atoms with Gasteiger partial charge in [-0.05, 0) is 76.5 Å². The van der Waals surface area contributed by atoms with Gasteiger partial charge in [0.15, 0.2) is 6.10 Å². The van der Waals surface area contributed by atoms with Crippen molar-refractivity contribution in [2.75, 3.05) is 26.4 Å². The molecule has 1 saturated carbocycles. The molecule has 14 heteroatoms. The van der Waals surface area contributed by atoms with Crippen molar-refractivity contribution in [1.82, 2.24) is 0 Å². The molecule has 1 aliphatic carbocycles. The third-order valence-corrected chi connectivity index (χ3v) is 11.2. The molecule has 60 heavy (non-hydrogen) atoms. The van der Waals surface area contributed by atoms with E-state index in [4.69, 9.17) is 19.1 Å². The minimum Gasteiger partial charge on any atom is -0.462 e. The van der Waals surface area contributed by atoms with Crippen LogP contribution >= 0.6 is 7.82 Å². The summed E-state index contributed by atoms with van der Waals surface area (Å²) in [4.78, 5) is 35.2. The second-order valence-corrected chi connectivity index (χ2v) is 17.1. The molecule has 1 aliphatic rings. The molecule has 0 heterocycles. The lowest BCUT2D eigenvalue weighted by molar-refractivity contribution is -0.161. The van der Waals surface area contributed by atoms with E-state index in [1.165, 1.54) is 19.3 Å². The normalized spacial score (nSPS) is 21.1. The number of allylic oxidation sites excluding steroid dienone is 8. The highest BCUT2D eigenvalue weighted by molar-refractivity contribution is 7.47. The standard InChI is InChI=1S/C46H79O13P/c1-3-5-7-8-9-10-11-12-13-14-15-16-17-18-19-20-25-29-45(52)56-36-40(37-58-60(54,55)57-35-39(49)34-47)59-46(53)30-26-22-21-24-28-41-42(44(51)33-43(41)50)32-31-38(48)27-23-6-4-2/h9-10,12-13,15-16,21,24,31-32,38-44,47-51H,3-8,11,14,17-20,22-23,25-30,33-37H2,1-2H3,(H,54,55)/b10-9-,13-12-,16-15-,24-21+,32-31+/t38-,39-,40+,41+,42+,43-,44+/m0/s1. The summed E-state index contributed by atoms with van der Waals surface area (Å²) in [6.07, 6.45) is 32.8. The van der Waals surface area contributed by atoms with Gasteiger partial charge in [-0.15, -0.1) is 0 Å². The van der Waals surface area contributed by atoms with Crippen molar-refractivity contribution >= 4 is 19.8 Å². The summed E-state index contributed by atoms with van der Waals surface area (Å²) in [7, 11) is -4.70. The summed E-state index contributed by atoms with van der Waals surface area (Å²) in [5.74, 6) is -1.62. The molecule has 0 spiro atoms. The van der Waals surface area contributed by atoms with E-state index in [-0.39, 0.29) is 31.1 Å². The van der Waals surface area contributed by atoms with Gasteiger partial charge in [-0.2, -0.15) is 0 Å². The van der Waals surface area contributed by atoms with Gasteiger partial charge in [0.05, 0.1) is 38.1 Å². The first-order valence-corrected chi connectivity index (χ1v) is 24.0. The van der Waals surface area contributed by atoms with Crippen molar-refractivity contribution in [3.63, 3.8) is 0 Å². The molecular formula is C46H79O13P. The van der Waals surface area contributed by atoms with Crippen LogP contribution in [-0.2, 0) is 32.7 Å². The van der Waals surface area contributed by atoms with E-state index in [2.05, 4.69) is 54.8 Å². The first-order chi connectivity index (χ1) is 28.9. The van der Waals surface area contributed by atoms with Crippen LogP contribution in [0.15, 0.2) is 60.8 Å². The number of hydrogen-bond acceptors (Lipinski definition) is 12. The molecule has 0 amide bonds. The number of unbranched alkanes of at least 4 members (excludes halogenated alkanes) is 10. The number of phosphoric acid groups is 1. The fourth-order valence-corrected chi connectivity index (χ4v) is 7.43. The highest BCUT2D eigenvalue weighted by Crippen LogP contribution is 2.43. The fraction of sp³-hybridized carbons (Fsp3) is 0.739. The third-order valence-electron chi connectivity index (χ3n) is 10.2. The minimum absolute atomic E-state index is 0.000441. The fourth-order valence-electron chi connectivity index (χ4n) is 6.64. The largest absolute Gasteiger partial charge is 0.472 e. The Morgan fingerprint density at radius 3 is 1.97 bits per heavy atom. The van der Waals surface area contributed by atoms with Crippen molar-refractivity contribution in [2.24, 2.45) is 11.8 Å². The average Bonchev–Trinajstić information content (AvgIpc) is 3.49. The van der Waals surface area contributed by atoms with E-state index in [9.17, 15) is 39.5 Å². The molecule has 1 fully saturated rings. The second kappa shape index (κ2) is 36.1. The zero-order valence-corrected chi connectivity index (χ0v) is 37.4. The molecule has 346 valence electrons. The van der Waals surface area contributed by atoms with E-state index >= 15 is 0 Å². The van der Waals surface area contributed by atoms with Gasteiger partial charge in [-0.1, -0.05) is 120 Å². The summed E-state index contributed by atoms with van der Waals surface area (Å²) < 4.78 is 32.7. The lowest BCUT2D eigenvalue weighted by Crippen LogP contribution is -2.29. The summed E-state index contributed by atoms with van der Waals surface area (Å²) in [6.45, 7) is 1.93. The number of carbonyl (C=O) groups excluding carboxylic acids is 2. The number of hydrogen-bond donors (Lipinski definition) is 6. The first-order valence-electron chi connectivity index (χ1n) is 22.5. The topological polar surface area (TPSA) is 210 Å². The Bertz CT molecular complexity index is 1300. The van der Waals surface area contributed by atoms with Gasteiger partial charge in [0.25, 0.3) is 0 Å². The Kier molecular flexibility index (Phi) is 33.4. The number of esters is 2. The number of carbonyl (C=O) groups is 2. The van der Waals surface area contributed by atoms with E-state index < -0.39 is 76.7 Å². The Morgan fingerprint density at radius 2 is 1.28 bits per heavy atom. The highest BCUT2D eigenvalue weighted by Gasteiger charge is 2.39. The van der Waals surface area contributed by atoms with Gasteiger partial charge in [-0.3, -0.25) is 18.6 Å². The molecule has 0 saturated heterocycles. The zero-order chi connectivity index (χ0) is 44.3. The van der Waals surface area contributed by atoms with E-state index in [0.717, 1.165) is 64.2 Å². The van der Waals surface area contributed by atoms with Crippen LogP contribution in [0.25, 0.3) is 0 Å². The summed E-state index contributed by atoms with van der Waals surface area (Å²) in [5, 5.41) is 49.7. The maximum absolute atomic E-state index is 12.7. The maximum atomic E-state index is 12.7. The van der Waals surface area contributed by atoms with Gasteiger partial charge in [0, 0.05) is 25.2 Å². The Labute approximate surface area is 360 Å². The first kappa shape index (κ1) is 55.6. The SMILES string of the molecule is CCCCC/C=C\C/C=C\C/C=C\CCCCCCC(=O)OC[C@H](COP(=O)(O)OC[C@@H](O)CO)OC(=O)CCC/C=C/C[C@@H]1[C@@H](/C=C/[C@@H](O)CCCCC)[C@H](O)C[C@@H]1O. The van der Waals surface area contributed by atoms with Gasteiger partial charge in [0.2, 0.25) is 0 Å². The van der Waals surface area contributed by atoms with Crippen molar-refractivity contribution in [3.05, 3.63) is 60.8 Å². The second-order valence-electron chi connectivity index (χ2n) is 15.7. The Morgan fingerprint density at radius 1 is 0.700 bits per heavy atom. The number of ether oxygens (including phenoxy) is 2. The maximum Gasteiger partial charge on any atom is 0.472 e. The van der Waals surface area contributed by atoms with Gasteiger partial charge < -0.3 is 39.9 Å². The van der Waals surface area contributed by atoms with Crippen LogP contribution in [-0.4, -0.2) is 99.3 Å². The smallest absolute Gasteiger partial charge is 0.462 e. The van der Waals surface area contributed by atoms with Crippen LogP contribution in [0, 0.1) is 11.8 Å². The number of aliphatic hydroxyl groups excluding tert-OH is 5. The lowest BCUT2D eigenvalue weighted by Gasteiger charge is -2.20. The molecule has 13 nitrogen and oxygen atoms in total. The molecule has 6 N–H and O–H groups in total. The molecule has 8 atom stereocenters. The van der Waals surface area contributed by atoms with Gasteiger partial charge in [0.1, 0.15) is 12.7 Å². The predicted octanol–water partition coefficient (Wildman–Crippen LogP) is 8.27. The molecule has 1 unspecified atom stereocenters. The van der Waals surface area contributed by atoms with Crippen LogP contribution in [0.5, 0.6) is 0 Å². The van der Waals surface area contributed by atoms with Gasteiger partial charge in [-0.25, -0.2) is 4.57 Å². The van der Waals surface area contributed by atoms with Crippen molar-refractivity contribution in [3.8, 4) is 0 Å². The van der Waals surface area contributed by atoms with E-state index in [1.54, 1.807) is 6.08 Å². The van der Waals surface area contributed by atoms with E-state index in [1.807, 2.05) is 18.2 Å². The van der Waals surface area contributed by atoms with Gasteiger partial charge >= 0.3 is 19.8 Å². The van der Waals surface area contributed by atoms with Crippen LogP contribution in [0.3, 0.4) is 0 Å². The summed E-state index contributed by atoms with van der Waals surface area (Å²) in [5.41, 5.74) is 0. The van der Waals surface area contributed by atoms with Crippen molar-refractivity contribution < 1.29 is 63.1 Å². The molecule has 0 aliphatic heterocycles. The summed E-state index contributed by atoms with van der Waals surface area (Å²) in [6, 6.07) is 0. The average molecular weight is 871 g/mol. The lowest BCUT2D eigenvalue weighted by atomic mass is 9.89. The van der Waals surface area contributed by atoms with Crippen molar-refractivity contribution in [2.45, 2.75) is 179 Å². The molecule has 0 aromatic rings. The predicted molar refractivity (Wildman–Crippen MR) is 235 cm³/mol. The molecule has 0 radical (unpaired) electrons. The van der Waals surface area contributed by atoms with E-state index in [0.29, 0.717) is 32.1 Å². The van der Waals surface area contributed by atoms with Crippen LogP contribution in [0.4, 0.5) is 0 Å².